The van der Waals surface area contributed by atoms with Crippen LogP contribution in [0.3, 0.4) is 0 Å². The number of H-pyrrole nitrogens is 1. The molecule has 1 N–H and O–H groups in total. The number of tetrazole rings is 1. The number of nitrogens with zero attached hydrogens (tertiary/aromatic N) is 7. The Hall–Kier alpha value is -3.34. The average Bonchev–Trinajstić information content (AvgIpc) is 3.61. The van der Waals surface area contributed by atoms with Gasteiger partial charge in [-0.3, -0.25) is 4.90 Å². The number of hydrogen-bond donors (Lipinski definition) is 1. The highest BCUT2D eigenvalue weighted by atomic mass is 35.5. The molecule has 1 aliphatic rings. The van der Waals surface area contributed by atoms with Gasteiger partial charge in [-0.1, -0.05) is 62.7 Å². The van der Waals surface area contributed by atoms with Crippen LogP contribution >= 0.6 is 11.6 Å². The first-order valence-corrected chi connectivity index (χ1v) is 13.2. The van der Waals surface area contributed by atoms with Crippen molar-refractivity contribution < 1.29 is 14.2 Å². The Balaban J connectivity index is 1.60. The van der Waals surface area contributed by atoms with Gasteiger partial charge in [0, 0.05) is 18.1 Å². The normalized spacial score (nSPS) is 17.2. The second-order valence-corrected chi connectivity index (χ2v) is 11.1. The molecule has 3 atom stereocenters. The van der Waals surface area contributed by atoms with Crippen LogP contribution in [0.2, 0.25) is 5.02 Å². The molecule has 3 unspecified atom stereocenters. The molecule has 1 fully saturated rings. The molecule has 5 rings (SSSR count). The van der Waals surface area contributed by atoms with E-state index in [-0.39, 0.29) is 17.5 Å². The van der Waals surface area contributed by atoms with Gasteiger partial charge in [-0.2, -0.15) is 5.10 Å². The summed E-state index contributed by atoms with van der Waals surface area (Å²) in [6.07, 6.45) is 3.57. The molecule has 2 aromatic carbocycles. The zero-order valence-electron chi connectivity index (χ0n) is 21.9. The fourth-order valence-electron chi connectivity index (χ4n) is 4.90. The Bertz CT molecular complexity index is 1270. The van der Waals surface area contributed by atoms with Crippen LogP contribution in [0.15, 0.2) is 67.3 Å². The number of benzene rings is 2. The molecule has 11 heteroatoms. The number of halogens is 1. The van der Waals surface area contributed by atoms with Crippen molar-refractivity contribution in [3.63, 3.8) is 0 Å². The van der Waals surface area contributed by atoms with Gasteiger partial charge in [-0.25, -0.2) is 4.68 Å². The Kier molecular flexibility index (Phi) is 8.01. The number of aromatic nitrogens is 7. The van der Waals surface area contributed by atoms with Crippen molar-refractivity contribution in [1.29, 1.82) is 0 Å². The molecule has 200 valence electrons. The number of morpholine rings is 1. The van der Waals surface area contributed by atoms with Crippen molar-refractivity contribution in [3.05, 3.63) is 83.7 Å². The van der Waals surface area contributed by atoms with Crippen molar-refractivity contribution in [2.45, 2.75) is 45.5 Å². The lowest BCUT2D eigenvalue weighted by Crippen LogP contribution is -2.50. The van der Waals surface area contributed by atoms with E-state index in [1.165, 1.54) is 0 Å². The maximum Gasteiger partial charge on any atom is 0.310 e. The summed E-state index contributed by atoms with van der Waals surface area (Å²) < 4.78 is 16.1. The quantitative estimate of drug-likeness (QED) is 0.322. The molecule has 0 radical (unpaired) electrons. The molecular weight excluding hydrogens is 504 g/mol. The lowest BCUT2D eigenvalue weighted by atomic mass is 9.87. The Morgan fingerprint density at radius 2 is 1.82 bits per heavy atom. The van der Waals surface area contributed by atoms with Crippen molar-refractivity contribution in [2.24, 2.45) is 5.41 Å². The summed E-state index contributed by atoms with van der Waals surface area (Å²) in [6.45, 7) is 9.53. The summed E-state index contributed by atoms with van der Waals surface area (Å²) in [5.74, 6) is 1.44. The van der Waals surface area contributed by atoms with E-state index in [4.69, 9.17) is 21.1 Å². The van der Waals surface area contributed by atoms with Gasteiger partial charge < -0.3 is 9.47 Å². The van der Waals surface area contributed by atoms with Gasteiger partial charge in [0.2, 0.25) is 6.33 Å². The van der Waals surface area contributed by atoms with E-state index < -0.39 is 6.23 Å². The third kappa shape index (κ3) is 6.20. The van der Waals surface area contributed by atoms with Gasteiger partial charge in [-0.15, -0.1) is 9.78 Å². The van der Waals surface area contributed by atoms with Crippen molar-refractivity contribution >= 4 is 11.6 Å². The molecule has 1 saturated heterocycles. The molecular formula is C27H34ClN8O2+. The van der Waals surface area contributed by atoms with E-state index in [1.54, 1.807) is 12.7 Å². The molecule has 0 aliphatic carbocycles. The van der Waals surface area contributed by atoms with Crippen molar-refractivity contribution in [1.82, 2.24) is 35.2 Å². The minimum atomic E-state index is -0.513. The second-order valence-electron chi connectivity index (χ2n) is 10.7. The lowest BCUT2D eigenvalue weighted by molar-refractivity contribution is -0.807. The van der Waals surface area contributed by atoms with Crippen LogP contribution in [-0.4, -0.2) is 61.5 Å². The zero-order valence-corrected chi connectivity index (χ0v) is 22.7. The first-order valence-electron chi connectivity index (χ1n) is 12.9. The fourth-order valence-corrected chi connectivity index (χ4v) is 5.02. The summed E-state index contributed by atoms with van der Waals surface area (Å²) in [6, 6.07) is 17.3. The molecule has 3 heterocycles. The third-order valence-electron chi connectivity index (χ3n) is 6.57. The lowest BCUT2D eigenvalue weighted by Gasteiger charge is -2.36. The fraction of sp³-hybridized carbons (Fsp3) is 0.444. The van der Waals surface area contributed by atoms with Crippen LogP contribution in [0.25, 0.3) is 0 Å². The Labute approximate surface area is 227 Å². The number of aromatic amines is 1. The van der Waals surface area contributed by atoms with Crippen LogP contribution in [0.5, 0.6) is 5.75 Å². The maximum atomic E-state index is 6.61. The van der Waals surface area contributed by atoms with E-state index >= 15 is 0 Å². The van der Waals surface area contributed by atoms with E-state index in [0.717, 1.165) is 30.9 Å². The van der Waals surface area contributed by atoms with Crippen molar-refractivity contribution in [3.8, 4) is 5.75 Å². The molecule has 0 bridgehead atoms. The maximum absolute atomic E-state index is 6.61. The van der Waals surface area contributed by atoms with Crippen LogP contribution in [-0.2, 0) is 4.74 Å². The van der Waals surface area contributed by atoms with Crippen molar-refractivity contribution in [2.75, 3.05) is 26.3 Å². The Morgan fingerprint density at radius 3 is 2.47 bits per heavy atom. The highest BCUT2D eigenvalue weighted by Gasteiger charge is 2.40. The molecule has 38 heavy (non-hydrogen) atoms. The molecule has 4 aromatic rings. The summed E-state index contributed by atoms with van der Waals surface area (Å²) in [7, 11) is 0. The van der Waals surface area contributed by atoms with Crippen LogP contribution in [0.4, 0.5) is 0 Å². The number of rotatable bonds is 9. The van der Waals surface area contributed by atoms with Gasteiger partial charge in [0.05, 0.1) is 19.3 Å². The standard InChI is InChI=1S/C27H33ClN8O2/c1-27(2,3)17-23(26(35-19-29-18-30-35)38-22-11-9-21(28)10-12-22)36-25(31-32-33-36)24(20-7-5-4-6-8-20)34-13-15-37-16-14-34/h4-12,18-19,23-24,26H,13-17H2,1-3H3/p+1. The minimum absolute atomic E-state index is 0.0583. The molecule has 0 spiro atoms. The summed E-state index contributed by atoms with van der Waals surface area (Å²) in [5.41, 5.74) is 1.07. The summed E-state index contributed by atoms with van der Waals surface area (Å²) in [4.78, 5) is 6.64. The van der Waals surface area contributed by atoms with Gasteiger partial charge in [0.15, 0.2) is 5.82 Å². The average molecular weight is 538 g/mol. The molecule has 1 aliphatic heterocycles. The largest absolute Gasteiger partial charge is 0.448 e. The first-order chi connectivity index (χ1) is 18.4. The summed E-state index contributed by atoms with van der Waals surface area (Å²) in [5, 5.41) is 17.2. The van der Waals surface area contributed by atoms with Crippen LogP contribution < -0.4 is 9.42 Å². The number of ether oxygens (including phenoxy) is 2. The number of nitrogens with one attached hydrogen (secondary N) is 1. The zero-order chi connectivity index (χ0) is 26.5. The predicted octanol–water partition coefficient (Wildman–Crippen LogP) is 4.01. The first kappa shape index (κ1) is 26.3. The van der Waals surface area contributed by atoms with Crippen LogP contribution in [0.1, 0.15) is 56.9 Å². The minimum Gasteiger partial charge on any atom is -0.448 e. The smallest absolute Gasteiger partial charge is 0.310 e. The molecule has 10 nitrogen and oxygen atoms in total. The van der Waals surface area contributed by atoms with E-state index in [9.17, 15) is 0 Å². The highest BCUT2D eigenvalue weighted by Crippen LogP contribution is 2.37. The van der Waals surface area contributed by atoms with E-state index in [2.05, 4.69) is 75.5 Å². The van der Waals surface area contributed by atoms with Gasteiger partial charge in [0.25, 0.3) is 6.23 Å². The second kappa shape index (κ2) is 11.6. The topological polar surface area (TPSA) is 97.9 Å². The van der Waals surface area contributed by atoms with Gasteiger partial charge in [0.1, 0.15) is 11.8 Å². The number of hydrogen-bond acceptors (Lipinski definition) is 7. The third-order valence-corrected chi connectivity index (χ3v) is 6.82. The van der Waals surface area contributed by atoms with Crippen LogP contribution in [0, 0.1) is 5.41 Å². The molecule has 2 aromatic heterocycles. The highest BCUT2D eigenvalue weighted by molar-refractivity contribution is 6.30. The predicted molar refractivity (Wildman–Crippen MR) is 142 cm³/mol. The van der Waals surface area contributed by atoms with E-state index in [1.807, 2.05) is 39.7 Å². The SMILES string of the molecule is CC(C)(C)CC(C(Oc1ccc(Cl)cc1)[n+]1cnc[nH]1)n1nnnc1C(c1ccccc1)N1CCOCC1. The molecule has 0 amide bonds. The monoisotopic (exact) mass is 537 g/mol. The van der Waals surface area contributed by atoms with Gasteiger partial charge >= 0.3 is 6.33 Å². The van der Waals surface area contributed by atoms with Gasteiger partial charge in [-0.05, 0) is 57.1 Å². The summed E-state index contributed by atoms with van der Waals surface area (Å²) >= 11 is 6.15. The molecule has 0 saturated carbocycles. The Morgan fingerprint density at radius 1 is 1.08 bits per heavy atom. The van der Waals surface area contributed by atoms with E-state index in [0.29, 0.717) is 24.0 Å².